The van der Waals surface area contributed by atoms with E-state index in [0.717, 1.165) is 25.2 Å². The van der Waals surface area contributed by atoms with Gasteiger partial charge in [0, 0.05) is 13.1 Å². The number of pyridine rings is 1. The van der Waals surface area contributed by atoms with Gasteiger partial charge in [-0.25, -0.2) is 4.98 Å². The number of carbonyl (C=O) groups excluding carboxylic acids is 1. The number of carbonyl (C=O) groups is 1. The van der Waals surface area contributed by atoms with Crippen LogP contribution in [-0.4, -0.2) is 34.0 Å². The number of nitrogens with one attached hydrogen (secondary N) is 1. The first-order valence-electron chi connectivity index (χ1n) is 10.5. The van der Waals surface area contributed by atoms with Crippen LogP contribution >= 0.6 is 0 Å². The lowest BCUT2D eigenvalue weighted by molar-refractivity contribution is 0.0952. The van der Waals surface area contributed by atoms with Crippen molar-refractivity contribution in [1.82, 2.24) is 20.4 Å². The number of hydrogen-bond acceptors (Lipinski definition) is 6. The standard InChI is InChI=1S/C24H26N4O3/c1-4-28(5-2)15-18-10-7-6-9-17(18)14-25-23(29)19-13-20(21-11-8-12-30-21)26-24-22(19)16(3)27-31-24/h6-13H,4-5,14-15H2,1-3H3,(H,25,29). The maximum Gasteiger partial charge on any atom is 0.259 e. The van der Waals surface area contributed by atoms with Crippen molar-refractivity contribution in [3.05, 3.63) is 71.1 Å². The Labute approximate surface area is 181 Å². The fraction of sp³-hybridized carbons (Fsp3) is 0.292. The number of aryl methyl sites for hydroxylation is 1. The van der Waals surface area contributed by atoms with Crippen LogP contribution in [0.15, 0.2) is 57.7 Å². The predicted octanol–water partition coefficient (Wildman–Crippen LogP) is 4.56. The number of hydrogen-bond donors (Lipinski definition) is 1. The Morgan fingerprint density at radius 3 is 2.58 bits per heavy atom. The minimum atomic E-state index is -0.204. The average molecular weight is 418 g/mol. The van der Waals surface area contributed by atoms with Crippen molar-refractivity contribution in [2.75, 3.05) is 13.1 Å². The number of nitrogens with zero attached hydrogens (tertiary/aromatic N) is 3. The maximum atomic E-state index is 13.2. The quantitative estimate of drug-likeness (QED) is 0.451. The van der Waals surface area contributed by atoms with Crippen LogP contribution in [0.25, 0.3) is 22.6 Å². The molecule has 160 valence electrons. The van der Waals surface area contributed by atoms with Crippen LogP contribution in [0.1, 0.15) is 41.0 Å². The molecule has 3 heterocycles. The molecule has 0 fully saturated rings. The van der Waals surface area contributed by atoms with E-state index in [4.69, 9.17) is 8.94 Å². The smallest absolute Gasteiger partial charge is 0.259 e. The van der Waals surface area contributed by atoms with Crippen LogP contribution in [0.4, 0.5) is 0 Å². The number of fused-ring (bicyclic) bond motifs is 1. The fourth-order valence-corrected chi connectivity index (χ4v) is 3.67. The molecule has 0 saturated carbocycles. The van der Waals surface area contributed by atoms with Crippen molar-refractivity contribution >= 4 is 17.0 Å². The van der Waals surface area contributed by atoms with E-state index in [2.05, 4.69) is 46.3 Å². The van der Waals surface area contributed by atoms with Crippen LogP contribution in [-0.2, 0) is 13.1 Å². The lowest BCUT2D eigenvalue weighted by atomic mass is 10.1. The van der Waals surface area contributed by atoms with Gasteiger partial charge < -0.3 is 14.3 Å². The summed E-state index contributed by atoms with van der Waals surface area (Å²) in [5.41, 5.74) is 4.25. The van der Waals surface area contributed by atoms with Crippen LogP contribution < -0.4 is 5.32 Å². The van der Waals surface area contributed by atoms with Gasteiger partial charge in [-0.15, -0.1) is 0 Å². The van der Waals surface area contributed by atoms with Gasteiger partial charge in [0.25, 0.3) is 11.6 Å². The summed E-state index contributed by atoms with van der Waals surface area (Å²) in [4.78, 5) is 20.0. The summed E-state index contributed by atoms with van der Waals surface area (Å²) >= 11 is 0. The Kier molecular flexibility index (Phi) is 6.13. The van der Waals surface area contributed by atoms with Crippen LogP contribution in [0.2, 0.25) is 0 Å². The zero-order valence-electron chi connectivity index (χ0n) is 18.0. The molecule has 0 aliphatic heterocycles. The molecular formula is C24H26N4O3. The highest BCUT2D eigenvalue weighted by Gasteiger charge is 2.20. The van der Waals surface area contributed by atoms with Crippen LogP contribution in [0.3, 0.4) is 0 Å². The molecule has 0 aliphatic rings. The lowest BCUT2D eigenvalue weighted by Crippen LogP contribution is -2.26. The second-order valence-electron chi connectivity index (χ2n) is 7.39. The zero-order chi connectivity index (χ0) is 21.8. The zero-order valence-corrected chi connectivity index (χ0v) is 18.0. The predicted molar refractivity (Wildman–Crippen MR) is 118 cm³/mol. The highest BCUT2D eigenvalue weighted by Crippen LogP contribution is 2.27. The summed E-state index contributed by atoms with van der Waals surface area (Å²) in [6.45, 7) is 9.35. The molecule has 4 rings (SSSR count). The molecule has 1 amide bonds. The third kappa shape index (κ3) is 4.36. The number of furan rings is 1. The van der Waals surface area contributed by atoms with E-state index in [9.17, 15) is 4.79 Å². The fourth-order valence-electron chi connectivity index (χ4n) is 3.67. The van der Waals surface area contributed by atoms with Gasteiger partial charge in [-0.1, -0.05) is 43.3 Å². The molecule has 7 heteroatoms. The van der Waals surface area contributed by atoms with Gasteiger partial charge in [0.2, 0.25) is 0 Å². The number of aromatic nitrogens is 2. The van der Waals surface area contributed by atoms with Crippen LogP contribution in [0.5, 0.6) is 0 Å². The van der Waals surface area contributed by atoms with Gasteiger partial charge in [0.05, 0.1) is 22.9 Å². The minimum absolute atomic E-state index is 0.204. The van der Waals surface area contributed by atoms with E-state index in [1.807, 2.05) is 12.1 Å². The van der Waals surface area contributed by atoms with Crippen molar-refractivity contribution in [1.29, 1.82) is 0 Å². The first-order valence-corrected chi connectivity index (χ1v) is 10.5. The molecule has 0 spiro atoms. The Bertz CT molecular complexity index is 1180. The average Bonchev–Trinajstić information content (AvgIpc) is 3.46. The molecular weight excluding hydrogens is 392 g/mol. The molecule has 1 aromatic carbocycles. The summed E-state index contributed by atoms with van der Waals surface area (Å²) in [7, 11) is 0. The lowest BCUT2D eigenvalue weighted by Gasteiger charge is -2.20. The van der Waals surface area contributed by atoms with Crippen molar-refractivity contribution in [3.8, 4) is 11.5 Å². The monoisotopic (exact) mass is 418 g/mol. The molecule has 0 atom stereocenters. The van der Waals surface area contributed by atoms with E-state index in [1.54, 1.807) is 31.4 Å². The van der Waals surface area contributed by atoms with E-state index in [-0.39, 0.29) is 5.91 Å². The van der Waals surface area contributed by atoms with Gasteiger partial charge in [-0.2, -0.15) is 0 Å². The van der Waals surface area contributed by atoms with Gasteiger partial charge in [0.15, 0.2) is 5.76 Å². The van der Waals surface area contributed by atoms with Crippen molar-refractivity contribution in [3.63, 3.8) is 0 Å². The molecule has 3 aromatic heterocycles. The summed E-state index contributed by atoms with van der Waals surface area (Å²) in [6.07, 6.45) is 1.57. The number of amides is 1. The Hall–Kier alpha value is -3.45. The molecule has 0 saturated heterocycles. The maximum absolute atomic E-state index is 13.2. The molecule has 0 radical (unpaired) electrons. The van der Waals surface area contributed by atoms with E-state index in [1.165, 1.54) is 5.56 Å². The summed E-state index contributed by atoms with van der Waals surface area (Å²) in [6, 6.07) is 13.5. The number of rotatable bonds is 8. The Morgan fingerprint density at radius 2 is 1.87 bits per heavy atom. The molecule has 31 heavy (non-hydrogen) atoms. The highest BCUT2D eigenvalue weighted by atomic mass is 16.5. The first-order chi connectivity index (χ1) is 15.1. The summed E-state index contributed by atoms with van der Waals surface area (Å²) < 4.78 is 10.8. The van der Waals surface area contributed by atoms with Gasteiger partial charge in [-0.05, 0) is 49.3 Å². The van der Waals surface area contributed by atoms with E-state index in [0.29, 0.717) is 40.4 Å². The third-order valence-electron chi connectivity index (χ3n) is 5.48. The second kappa shape index (κ2) is 9.14. The van der Waals surface area contributed by atoms with Gasteiger partial charge in [0.1, 0.15) is 5.69 Å². The molecule has 0 aliphatic carbocycles. The van der Waals surface area contributed by atoms with E-state index < -0.39 is 0 Å². The number of benzene rings is 1. The SMILES string of the molecule is CCN(CC)Cc1ccccc1CNC(=O)c1cc(-c2ccco2)nc2onc(C)c12. The Morgan fingerprint density at radius 1 is 1.10 bits per heavy atom. The first kappa shape index (κ1) is 20.8. The second-order valence-corrected chi connectivity index (χ2v) is 7.39. The highest BCUT2D eigenvalue weighted by molar-refractivity contribution is 6.06. The molecule has 0 bridgehead atoms. The molecule has 4 aromatic rings. The van der Waals surface area contributed by atoms with Gasteiger partial charge >= 0.3 is 0 Å². The Balaban J connectivity index is 1.61. The molecule has 0 unspecified atom stereocenters. The van der Waals surface area contributed by atoms with Crippen LogP contribution in [0, 0.1) is 6.92 Å². The minimum Gasteiger partial charge on any atom is -0.463 e. The normalized spacial score (nSPS) is 11.4. The van der Waals surface area contributed by atoms with Crippen molar-refractivity contribution in [2.45, 2.75) is 33.9 Å². The molecule has 1 N–H and O–H groups in total. The van der Waals surface area contributed by atoms with Crippen molar-refractivity contribution < 1.29 is 13.7 Å². The molecule has 7 nitrogen and oxygen atoms in total. The van der Waals surface area contributed by atoms with Gasteiger partial charge in [-0.3, -0.25) is 9.69 Å². The van der Waals surface area contributed by atoms with E-state index >= 15 is 0 Å². The van der Waals surface area contributed by atoms with Crippen molar-refractivity contribution in [2.24, 2.45) is 0 Å². The largest absolute Gasteiger partial charge is 0.463 e. The third-order valence-corrected chi connectivity index (χ3v) is 5.48. The summed E-state index contributed by atoms with van der Waals surface area (Å²) in [5, 5.41) is 7.67. The topological polar surface area (TPSA) is 84.4 Å². The summed E-state index contributed by atoms with van der Waals surface area (Å²) in [5.74, 6) is 0.360.